The molecule has 1 heterocycles. The lowest BCUT2D eigenvalue weighted by molar-refractivity contribution is -0.119. The summed E-state index contributed by atoms with van der Waals surface area (Å²) in [6, 6.07) is 7.55. The van der Waals surface area contributed by atoms with E-state index in [1.165, 1.54) is 17.4 Å². The number of aromatic nitrogens is 1. The number of thiazole rings is 1. The fourth-order valence-corrected chi connectivity index (χ4v) is 2.76. The van der Waals surface area contributed by atoms with Gasteiger partial charge in [-0.1, -0.05) is 39.0 Å². The molecule has 23 heavy (non-hydrogen) atoms. The van der Waals surface area contributed by atoms with Crippen molar-refractivity contribution < 1.29 is 9.53 Å². The lowest BCUT2D eigenvalue weighted by atomic mass is 9.91. The summed E-state index contributed by atoms with van der Waals surface area (Å²) in [4.78, 5) is 26.9. The Morgan fingerprint density at radius 2 is 2.00 bits per heavy atom. The molecule has 0 spiro atoms. The summed E-state index contributed by atoms with van der Waals surface area (Å²) in [5.41, 5.74) is 0.177. The van der Waals surface area contributed by atoms with Crippen LogP contribution in [0, 0.1) is 5.41 Å². The van der Waals surface area contributed by atoms with Crippen molar-refractivity contribution in [3.63, 3.8) is 0 Å². The lowest BCUT2D eigenvalue weighted by Crippen LogP contribution is -2.22. The molecule has 2 aromatic rings. The Morgan fingerprint density at radius 1 is 1.30 bits per heavy atom. The van der Waals surface area contributed by atoms with E-state index in [9.17, 15) is 9.59 Å². The smallest absolute Gasteiger partial charge is 0.266 e. The first-order valence-electron chi connectivity index (χ1n) is 7.50. The molecule has 0 aliphatic carbocycles. The zero-order valence-electron chi connectivity index (χ0n) is 13.8. The minimum atomic E-state index is -0.466. The third kappa shape index (κ3) is 4.42. The van der Waals surface area contributed by atoms with Crippen LogP contribution in [-0.2, 0) is 4.79 Å². The molecule has 1 aromatic carbocycles. The molecule has 0 radical (unpaired) electrons. The van der Waals surface area contributed by atoms with Gasteiger partial charge >= 0.3 is 0 Å². The van der Waals surface area contributed by atoms with Crippen LogP contribution < -0.4 is 19.5 Å². The summed E-state index contributed by atoms with van der Waals surface area (Å²) in [6.45, 7) is 8.03. The maximum absolute atomic E-state index is 12.1. The number of carbonyl (C=O) groups is 1. The Kier molecular flexibility index (Phi) is 5.21. The number of rotatable bonds is 4. The van der Waals surface area contributed by atoms with Crippen molar-refractivity contribution in [1.82, 2.24) is 4.98 Å². The highest BCUT2D eigenvalue weighted by Crippen LogP contribution is 2.18. The van der Waals surface area contributed by atoms with Crippen molar-refractivity contribution in [1.29, 1.82) is 0 Å². The summed E-state index contributed by atoms with van der Waals surface area (Å²) in [5, 5.41) is 0. The van der Waals surface area contributed by atoms with E-state index in [0.29, 0.717) is 15.8 Å². The van der Waals surface area contributed by atoms with Gasteiger partial charge in [-0.05, 0) is 19.1 Å². The van der Waals surface area contributed by atoms with Gasteiger partial charge in [0.1, 0.15) is 5.75 Å². The topological polar surface area (TPSA) is 59.2 Å². The molecule has 0 saturated heterocycles. The second-order valence-electron chi connectivity index (χ2n) is 6.16. The third-order valence-corrected chi connectivity index (χ3v) is 4.15. The highest BCUT2D eigenvalue weighted by atomic mass is 32.1. The Labute approximate surface area is 139 Å². The van der Waals surface area contributed by atoms with Crippen LogP contribution in [0.4, 0.5) is 0 Å². The van der Waals surface area contributed by atoms with Crippen molar-refractivity contribution in [2.75, 3.05) is 6.61 Å². The number of Topliss-reactive ketones (excluding diaryl/α,β-unsaturated/α-hetero) is 1. The van der Waals surface area contributed by atoms with Crippen LogP contribution in [0.2, 0.25) is 0 Å². The second-order valence-corrected chi connectivity index (χ2v) is 7.24. The molecule has 0 atom stereocenters. The molecular weight excluding hydrogens is 310 g/mol. The quantitative estimate of drug-likeness (QED) is 0.933. The van der Waals surface area contributed by atoms with Crippen molar-refractivity contribution >= 4 is 29.3 Å². The minimum Gasteiger partial charge on any atom is -0.493 e. The van der Waals surface area contributed by atoms with E-state index < -0.39 is 5.41 Å². The first-order valence-corrected chi connectivity index (χ1v) is 8.31. The number of carbonyl (C=O) groups excluding carboxylic acids is 1. The Hall–Kier alpha value is -2.14. The number of H-pyrrole nitrogens is 1. The number of hydrogen-bond acceptors (Lipinski definition) is 4. The maximum atomic E-state index is 12.1. The van der Waals surface area contributed by atoms with Gasteiger partial charge in [0.15, 0.2) is 5.78 Å². The van der Waals surface area contributed by atoms with E-state index in [2.05, 4.69) is 4.98 Å². The van der Waals surface area contributed by atoms with E-state index in [-0.39, 0.29) is 11.3 Å². The maximum Gasteiger partial charge on any atom is 0.266 e. The zero-order chi connectivity index (χ0) is 17.0. The number of aromatic amines is 1. The molecule has 0 unspecified atom stereocenters. The van der Waals surface area contributed by atoms with Gasteiger partial charge < -0.3 is 9.72 Å². The van der Waals surface area contributed by atoms with Crippen LogP contribution in [0.25, 0.3) is 12.2 Å². The zero-order valence-corrected chi connectivity index (χ0v) is 14.6. The van der Waals surface area contributed by atoms with Gasteiger partial charge in [0.05, 0.1) is 15.8 Å². The van der Waals surface area contributed by atoms with Crippen LogP contribution in [0.3, 0.4) is 0 Å². The van der Waals surface area contributed by atoms with Gasteiger partial charge in [-0.2, -0.15) is 0 Å². The molecule has 2 rings (SSSR count). The molecule has 0 amide bonds. The predicted molar refractivity (Wildman–Crippen MR) is 94.3 cm³/mol. The molecule has 0 bridgehead atoms. The molecule has 0 aliphatic rings. The van der Waals surface area contributed by atoms with E-state index in [1.54, 1.807) is 6.08 Å². The average molecular weight is 331 g/mol. The molecule has 0 fully saturated rings. The highest BCUT2D eigenvalue weighted by molar-refractivity contribution is 7.07. The van der Waals surface area contributed by atoms with E-state index >= 15 is 0 Å². The normalized spacial score (nSPS) is 13.4. The second kappa shape index (κ2) is 6.96. The predicted octanol–water partition coefficient (Wildman–Crippen LogP) is 2.06. The first kappa shape index (κ1) is 17.2. The van der Waals surface area contributed by atoms with Crippen molar-refractivity contribution in [2.24, 2.45) is 5.41 Å². The van der Waals surface area contributed by atoms with Crippen molar-refractivity contribution in [2.45, 2.75) is 27.7 Å². The SMILES string of the molecule is CCOc1ccccc1C=c1sc(=CC(=O)C(C)(C)C)[nH]c1=O. The largest absolute Gasteiger partial charge is 0.493 e. The summed E-state index contributed by atoms with van der Waals surface area (Å²) in [5.74, 6) is 0.718. The number of hydrogen-bond donors (Lipinski definition) is 1. The van der Waals surface area contributed by atoms with Crippen LogP contribution >= 0.6 is 11.3 Å². The average Bonchev–Trinajstić information content (AvgIpc) is 2.80. The Balaban J connectivity index is 2.49. The monoisotopic (exact) mass is 331 g/mol. The van der Waals surface area contributed by atoms with Crippen LogP contribution in [0.15, 0.2) is 29.1 Å². The number of benzene rings is 1. The van der Waals surface area contributed by atoms with Gasteiger partial charge in [-0.25, -0.2) is 0 Å². The molecular formula is C18H21NO3S. The van der Waals surface area contributed by atoms with Crippen LogP contribution in [0.5, 0.6) is 5.75 Å². The summed E-state index contributed by atoms with van der Waals surface area (Å²) in [6.07, 6.45) is 3.28. The standard InChI is InChI=1S/C18H21NO3S/c1-5-22-13-9-7-6-8-12(13)10-14-17(21)19-16(23-14)11-15(20)18(2,3)4/h6-11H,5H2,1-4H3,(H,19,21). The number of nitrogens with one attached hydrogen (secondary N) is 1. The van der Waals surface area contributed by atoms with Crippen LogP contribution in [0.1, 0.15) is 33.3 Å². The molecule has 0 aliphatic heterocycles. The molecule has 122 valence electrons. The minimum absolute atomic E-state index is 0.0173. The Morgan fingerprint density at radius 3 is 2.65 bits per heavy atom. The van der Waals surface area contributed by atoms with Crippen LogP contribution in [-0.4, -0.2) is 17.4 Å². The van der Waals surface area contributed by atoms with Gasteiger partial charge in [-0.15, -0.1) is 11.3 Å². The first-order chi connectivity index (χ1) is 10.8. The number of para-hydroxylation sites is 1. The van der Waals surface area contributed by atoms with Crippen molar-refractivity contribution in [3.05, 3.63) is 49.4 Å². The van der Waals surface area contributed by atoms with Crippen molar-refractivity contribution in [3.8, 4) is 5.75 Å². The van der Waals surface area contributed by atoms with Gasteiger partial charge in [0, 0.05) is 17.1 Å². The number of ketones is 1. The summed E-state index contributed by atoms with van der Waals surface area (Å²) in [7, 11) is 0. The molecule has 0 saturated carbocycles. The van der Waals surface area contributed by atoms with Gasteiger partial charge in [0.25, 0.3) is 5.56 Å². The summed E-state index contributed by atoms with van der Waals surface area (Å²) >= 11 is 1.27. The van der Waals surface area contributed by atoms with E-state index in [0.717, 1.165) is 11.3 Å². The number of ether oxygens (including phenoxy) is 1. The molecule has 5 heteroatoms. The van der Waals surface area contributed by atoms with Gasteiger partial charge in [-0.3, -0.25) is 9.59 Å². The highest BCUT2D eigenvalue weighted by Gasteiger charge is 2.18. The van der Waals surface area contributed by atoms with E-state index in [4.69, 9.17) is 4.74 Å². The third-order valence-electron chi connectivity index (χ3n) is 3.19. The molecule has 4 nitrogen and oxygen atoms in total. The fraction of sp³-hybridized carbons (Fsp3) is 0.333. The van der Waals surface area contributed by atoms with E-state index in [1.807, 2.05) is 52.0 Å². The van der Waals surface area contributed by atoms with Gasteiger partial charge in [0.2, 0.25) is 0 Å². The fourth-order valence-electron chi connectivity index (χ4n) is 1.89. The summed E-state index contributed by atoms with van der Waals surface area (Å²) < 4.78 is 6.68. The lowest BCUT2D eigenvalue weighted by Gasteiger charge is -2.12. The Bertz CT molecular complexity index is 869. The molecule has 1 aromatic heterocycles. The molecule has 1 N–H and O–H groups in total.